The van der Waals surface area contributed by atoms with Gasteiger partial charge in [0, 0.05) is 0 Å². The van der Waals surface area contributed by atoms with Crippen LogP contribution in [-0.2, 0) is 11.2 Å². The van der Waals surface area contributed by atoms with Gasteiger partial charge >= 0.3 is 11.9 Å². The van der Waals surface area contributed by atoms with Gasteiger partial charge in [-0.3, -0.25) is 0 Å². The summed E-state index contributed by atoms with van der Waals surface area (Å²) in [5.74, 6) is -1.30. The summed E-state index contributed by atoms with van der Waals surface area (Å²) in [5, 5.41) is 9.17. The molecule has 0 aliphatic carbocycles. The number of aryl methyl sites for hydroxylation is 1. The molecule has 0 saturated heterocycles. The summed E-state index contributed by atoms with van der Waals surface area (Å²) in [4.78, 5) is 23.6. The highest BCUT2D eigenvalue weighted by atomic mass is 16.5. The van der Waals surface area contributed by atoms with E-state index in [-0.39, 0.29) is 11.5 Å². The summed E-state index contributed by atoms with van der Waals surface area (Å²) in [6.45, 7) is 4.76. The van der Waals surface area contributed by atoms with Gasteiger partial charge in [0.05, 0.1) is 17.7 Å². The minimum absolute atomic E-state index is 0.222. The minimum Gasteiger partial charge on any atom is -0.478 e. The van der Waals surface area contributed by atoms with Gasteiger partial charge in [-0.1, -0.05) is 65.2 Å². The molecule has 1 aromatic rings. The van der Waals surface area contributed by atoms with Crippen LogP contribution in [-0.4, -0.2) is 23.7 Å². The van der Waals surface area contributed by atoms with Crippen molar-refractivity contribution in [2.24, 2.45) is 0 Å². The summed E-state index contributed by atoms with van der Waals surface area (Å²) in [6, 6.07) is 4.69. The van der Waals surface area contributed by atoms with Crippen LogP contribution >= 0.6 is 0 Å². The molecule has 0 spiro atoms. The molecule has 0 saturated carbocycles. The van der Waals surface area contributed by atoms with Gasteiger partial charge in [-0.25, -0.2) is 9.59 Å². The third-order valence-electron chi connectivity index (χ3n) is 4.60. The standard InChI is InChI=1S/C22H34O4/c1-3-5-7-8-9-10-12-16-26-22(25)20-15-14-19(21(23)24)17-18(20)13-11-6-4-2/h14-15,17H,3-13,16H2,1-2H3,(H,23,24). The molecule has 0 radical (unpaired) electrons. The summed E-state index contributed by atoms with van der Waals surface area (Å²) in [6.07, 6.45) is 12.0. The molecule has 4 nitrogen and oxygen atoms in total. The van der Waals surface area contributed by atoms with Crippen molar-refractivity contribution in [2.45, 2.75) is 84.5 Å². The van der Waals surface area contributed by atoms with Gasteiger partial charge in [0.2, 0.25) is 0 Å². The zero-order valence-electron chi connectivity index (χ0n) is 16.4. The maximum absolute atomic E-state index is 12.4. The lowest BCUT2D eigenvalue weighted by atomic mass is 9.98. The highest BCUT2D eigenvalue weighted by molar-refractivity contribution is 5.94. The number of carboxylic acids is 1. The maximum atomic E-state index is 12.4. The van der Waals surface area contributed by atoms with Crippen LogP contribution in [0.4, 0.5) is 0 Å². The number of carbonyl (C=O) groups excluding carboxylic acids is 1. The van der Waals surface area contributed by atoms with Crippen LogP contribution in [0.3, 0.4) is 0 Å². The fraction of sp³-hybridized carbons (Fsp3) is 0.636. The van der Waals surface area contributed by atoms with Crippen LogP contribution in [0, 0.1) is 0 Å². The van der Waals surface area contributed by atoms with Crippen LogP contribution in [0.15, 0.2) is 18.2 Å². The number of unbranched alkanes of at least 4 members (excludes halogenated alkanes) is 8. The van der Waals surface area contributed by atoms with E-state index in [2.05, 4.69) is 13.8 Å². The zero-order chi connectivity index (χ0) is 19.2. The highest BCUT2D eigenvalue weighted by Gasteiger charge is 2.15. The Kier molecular flexibility index (Phi) is 11.4. The van der Waals surface area contributed by atoms with E-state index in [1.165, 1.54) is 38.2 Å². The summed E-state index contributed by atoms with van der Waals surface area (Å²) in [5.41, 5.74) is 1.51. The second kappa shape index (κ2) is 13.4. The predicted octanol–water partition coefficient (Wildman–Crippen LogP) is 6.02. The second-order valence-corrected chi connectivity index (χ2v) is 6.89. The van der Waals surface area contributed by atoms with Gasteiger partial charge in [0.15, 0.2) is 0 Å². The van der Waals surface area contributed by atoms with E-state index in [4.69, 9.17) is 4.74 Å². The van der Waals surface area contributed by atoms with Crippen molar-refractivity contribution in [1.29, 1.82) is 0 Å². The average Bonchev–Trinajstić information content (AvgIpc) is 2.63. The van der Waals surface area contributed by atoms with Crippen molar-refractivity contribution in [1.82, 2.24) is 0 Å². The van der Waals surface area contributed by atoms with Crippen molar-refractivity contribution in [3.63, 3.8) is 0 Å². The molecule has 1 N–H and O–H groups in total. The number of ether oxygens (including phenoxy) is 1. The second-order valence-electron chi connectivity index (χ2n) is 6.89. The molecule has 0 atom stereocenters. The quantitative estimate of drug-likeness (QED) is 0.324. The first-order valence-electron chi connectivity index (χ1n) is 10.1. The Morgan fingerprint density at radius 2 is 1.50 bits per heavy atom. The molecular formula is C22H34O4. The topological polar surface area (TPSA) is 63.6 Å². The van der Waals surface area contributed by atoms with E-state index in [9.17, 15) is 14.7 Å². The van der Waals surface area contributed by atoms with Gasteiger partial charge in [-0.05, 0) is 43.0 Å². The van der Waals surface area contributed by atoms with Crippen molar-refractivity contribution in [2.75, 3.05) is 6.61 Å². The van der Waals surface area contributed by atoms with E-state index in [0.717, 1.165) is 37.7 Å². The molecule has 0 aliphatic heterocycles. The summed E-state index contributed by atoms with van der Waals surface area (Å²) < 4.78 is 5.42. The molecule has 146 valence electrons. The van der Waals surface area contributed by atoms with E-state index in [1.807, 2.05) is 0 Å². The number of carboxylic acid groups (broad SMARTS) is 1. The Bertz CT molecular complexity index is 551. The Morgan fingerprint density at radius 3 is 2.15 bits per heavy atom. The van der Waals surface area contributed by atoms with Crippen molar-refractivity contribution in [3.8, 4) is 0 Å². The fourth-order valence-corrected chi connectivity index (χ4v) is 3.00. The average molecular weight is 363 g/mol. The molecular weight excluding hydrogens is 328 g/mol. The smallest absolute Gasteiger partial charge is 0.338 e. The van der Waals surface area contributed by atoms with E-state index < -0.39 is 5.97 Å². The summed E-state index contributed by atoms with van der Waals surface area (Å²) in [7, 11) is 0. The lowest BCUT2D eigenvalue weighted by molar-refractivity contribution is 0.0495. The van der Waals surface area contributed by atoms with Crippen LogP contribution in [0.2, 0.25) is 0 Å². The van der Waals surface area contributed by atoms with Gasteiger partial charge in [0.25, 0.3) is 0 Å². The number of hydrogen-bond donors (Lipinski definition) is 1. The molecule has 26 heavy (non-hydrogen) atoms. The number of esters is 1. The molecule has 1 aromatic carbocycles. The Hall–Kier alpha value is -1.84. The third kappa shape index (κ3) is 8.50. The number of aromatic carboxylic acids is 1. The van der Waals surface area contributed by atoms with Crippen LogP contribution in [0.1, 0.15) is 104 Å². The first-order chi connectivity index (χ1) is 12.6. The lowest BCUT2D eigenvalue weighted by Gasteiger charge is -2.11. The highest BCUT2D eigenvalue weighted by Crippen LogP contribution is 2.17. The SMILES string of the molecule is CCCCCCCCCOC(=O)c1ccc(C(=O)O)cc1CCCCC. The van der Waals surface area contributed by atoms with Crippen molar-refractivity contribution < 1.29 is 19.4 Å². The first kappa shape index (κ1) is 22.2. The largest absolute Gasteiger partial charge is 0.478 e. The molecule has 0 heterocycles. The van der Waals surface area contributed by atoms with Gasteiger partial charge in [-0.2, -0.15) is 0 Å². The summed E-state index contributed by atoms with van der Waals surface area (Å²) >= 11 is 0. The normalized spacial score (nSPS) is 10.7. The van der Waals surface area contributed by atoms with Gasteiger partial charge in [0.1, 0.15) is 0 Å². The molecule has 4 heteroatoms. The van der Waals surface area contributed by atoms with Crippen LogP contribution < -0.4 is 0 Å². The maximum Gasteiger partial charge on any atom is 0.338 e. The van der Waals surface area contributed by atoms with Crippen LogP contribution in [0.25, 0.3) is 0 Å². The lowest BCUT2D eigenvalue weighted by Crippen LogP contribution is -2.11. The van der Waals surface area contributed by atoms with Crippen molar-refractivity contribution >= 4 is 11.9 Å². The molecule has 0 unspecified atom stereocenters. The Balaban J connectivity index is 2.51. The van der Waals surface area contributed by atoms with Gasteiger partial charge in [-0.15, -0.1) is 0 Å². The van der Waals surface area contributed by atoms with Gasteiger partial charge < -0.3 is 9.84 Å². The predicted molar refractivity (Wildman–Crippen MR) is 105 cm³/mol. The number of carbonyl (C=O) groups is 2. The Morgan fingerprint density at radius 1 is 0.885 bits per heavy atom. The number of benzene rings is 1. The number of hydrogen-bond acceptors (Lipinski definition) is 3. The minimum atomic E-state index is -0.968. The number of rotatable bonds is 14. The zero-order valence-corrected chi connectivity index (χ0v) is 16.4. The van der Waals surface area contributed by atoms with E-state index in [0.29, 0.717) is 18.6 Å². The third-order valence-corrected chi connectivity index (χ3v) is 4.60. The molecule has 0 aliphatic rings. The molecule has 0 amide bonds. The molecule has 0 fully saturated rings. The fourth-order valence-electron chi connectivity index (χ4n) is 3.00. The van der Waals surface area contributed by atoms with Crippen LogP contribution in [0.5, 0.6) is 0 Å². The molecule has 1 rings (SSSR count). The molecule has 0 bridgehead atoms. The monoisotopic (exact) mass is 362 g/mol. The van der Waals surface area contributed by atoms with E-state index in [1.54, 1.807) is 12.1 Å². The van der Waals surface area contributed by atoms with Crippen molar-refractivity contribution in [3.05, 3.63) is 34.9 Å². The van der Waals surface area contributed by atoms with E-state index >= 15 is 0 Å². The first-order valence-corrected chi connectivity index (χ1v) is 10.1. The Labute approximate surface area is 158 Å². The molecule has 0 aromatic heterocycles.